The molecule has 0 fully saturated rings. The molecule has 3 aromatic rings. The molecule has 0 spiro atoms. The van der Waals surface area contributed by atoms with Crippen LogP contribution in [0.3, 0.4) is 0 Å². The number of nitrogen functional groups attached to an aromatic ring is 1. The van der Waals surface area contributed by atoms with Gasteiger partial charge < -0.3 is 5.73 Å². The van der Waals surface area contributed by atoms with Gasteiger partial charge in [0.25, 0.3) is 0 Å². The van der Waals surface area contributed by atoms with Crippen LogP contribution in [0.2, 0.25) is 0 Å². The molecule has 2 N–H and O–H groups in total. The molecular formula is C14H11Br2N3. The number of nitrogens with zero attached hydrogens (tertiary/aromatic N) is 2. The minimum absolute atomic E-state index is 0.654. The van der Waals surface area contributed by atoms with Gasteiger partial charge in [-0.15, -0.1) is 0 Å². The van der Waals surface area contributed by atoms with E-state index in [1.54, 1.807) is 0 Å². The number of anilines is 1. The fourth-order valence-corrected chi connectivity index (χ4v) is 2.92. The Bertz CT molecular complexity index is 760. The van der Waals surface area contributed by atoms with Crippen molar-refractivity contribution >= 4 is 43.3 Å². The van der Waals surface area contributed by atoms with Crippen molar-refractivity contribution in [2.24, 2.45) is 0 Å². The van der Waals surface area contributed by atoms with Gasteiger partial charge in [-0.3, -0.25) is 4.40 Å². The molecule has 0 amide bonds. The Morgan fingerprint density at radius 3 is 2.47 bits per heavy atom. The van der Waals surface area contributed by atoms with Crippen LogP contribution in [0, 0.1) is 6.92 Å². The Hall–Kier alpha value is -1.33. The van der Waals surface area contributed by atoms with E-state index in [1.807, 2.05) is 47.9 Å². The molecule has 1 aromatic carbocycles. The van der Waals surface area contributed by atoms with E-state index in [0.29, 0.717) is 5.82 Å². The van der Waals surface area contributed by atoms with Crippen molar-refractivity contribution in [2.45, 2.75) is 6.92 Å². The van der Waals surface area contributed by atoms with E-state index in [0.717, 1.165) is 31.4 Å². The third-order valence-corrected chi connectivity index (χ3v) is 3.99. The molecule has 19 heavy (non-hydrogen) atoms. The van der Waals surface area contributed by atoms with Crippen LogP contribution in [0.15, 0.2) is 45.5 Å². The lowest BCUT2D eigenvalue weighted by atomic mass is 10.1. The molecule has 5 heteroatoms. The highest BCUT2D eigenvalue weighted by molar-refractivity contribution is 9.10. The summed E-state index contributed by atoms with van der Waals surface area (Å²) in [6.07, 6.45) is 1.94. The van der Waals surface area contributed by atoms with E-state index < -0.39 is 0 Å². The molecule has 0 aliphatic carbocycles. The van der Waals surface area contributed by atoms with Gasteiger partial charge >= 0.3 is 0 Å². The average molecular weight is 381 g/mol. The maximum Gasteiger partial charge on any atom is 0.142 e. The molecule has 2 heterocycles. The van der Waals surface area contributed by atoms with Crippen LogP contribution in [-0.2, 0) is 0 Å². The highest BCUT2D eigenvalue weighted by atomic mass is 79.9. The van der Waals surface area contributed by atoms with Crippen molar-refractivity contribution in [3.05, 3.63) is 51.0 Å². The summed E-state index contributed by atoms with van der Waals surface area (Å²) < 4.78 is 3.94. The highest BCUT2D eigenvalue weighted by Gasteiger charge is 2.13. The number of halogens is 2. The number of benzene rings is 1. The Labute approximate surface area is 127 Å². The summed E-state index contributed by atoms with van der Waals surface area (Å²) in [7, 11) is 0. The normalized spacial score (nSPS) is 11.1. The van der Waals surface area contributed by atoms with E-state index in [2.05, 4.69) is 36.8 Å². The summed E-state index contributed by atoms with van der Waals surface area (Å²) >= 11 is 6.91. The molecule has 3 nitrogen and oxygen atoms in total. The molecule has 0 aliphatic rings. The van der Waals surface area contributed by atoms with Gasteiger partial charge in [0.15, 0.2) is 0 Å². The zero-order valence-electron chi connectivity index (χ0n) is 10.2. The largest absolute Gasteiger partial charge is 0.383 e. The first-order valence-corrected chi connectivity index (χ1v) is 7.34. The molecule has 2 aromatic heterocycles. The van der Waals surface area contributed by atoms with E-state index in [4.69, 9.17) is 5.73 Å². The SMILES string of the molecule is Cc1cc(Br)cn2c(N)c(-c3ccc(Br)cc3)nc12. The van der Waals surface area contributed by atoms with Crippen LogP contribution >= 0.6 is 31.9 Å². The van der Waals surface area contributed by atoms with Gasteiger partial charge in [0.1, 0.15) is 17.2 Å². The molecular weight excluding hydrogens is 370 g/mol. The first kappa shape index (κ1) is 12.7. The van der Waals surface area contributed by atoms with Crippen molar-refractivity contribution in [3.63, 3.8) is 0 Å². The first-order chi connectivity index (χ1) is 9.06. The Balaban J connectivity index is 2.28. The number of nitrogens with two attached hydrogens (primary N) is 1. The summed E-state index contributed by atoms with van der Waals surface area (Å²) in [4.78, 5) is 4.65. The van der Waals surface area contributed by atoms with E-state index >= 15 is 0 Å². The molecule has 0 radical (unpaired) electrons. The van der Waals surface area contributed by atoms with Crippen molar-refractivity contribution in [1.82, 2.24) is 9.38 Å². The molecule has 96 valence electrons. The van der Waals surface area contributed by atoms with Gasteiger partial charge in [0.05, 0.1) is 0 Å². The fraction of sp³-hybridized carbons (Fsp3) is 0.0714. The van der Waals surface area contributed by atoms with Crippen LogP contribution in [-0.4, -0.2) is 9.38 Å². The standard InChI is InChI=1S/C14H11Br2N3/c1-8-6-11(16)7-19-13(17)12(18-14(8)19)9-2-4-10(15)5-3-9/h2-7H,17H2,1H3. The Kier molecular flexibility index (Phi) is 3.11. The predicted octanol–water partition coefficient (Wildman–Crippen LogP) is 4.42. The fourth-order valence-electron chi connectivity index (χ4n) is 2.11. The Morgan fingerprint density at radius 1 is 1.11 bits per heavy atom. The number of pyridine rings is 1. The van der Waals surface area contributed by atoms with E-state index in [1.165, 1.54) is 0 Å². The second kappa shape index (κ2) is 4.65. The lowest BCUT2D eigenvalue weighted by Gasteiger charge is -2.01. The van der Waals surface area contributed by atoms with Gasteiger partial charge in [0, 0.05) is 20.7 Å². The van der Waals surface area contributed by atoms with Crippen LogP contribution in [0.4, 0.5) is 5.82 Å². The highest BCUT2D eigenvalue weighted by Crippen LogP contribution is 2.29. The molecule has 0 unspecified atom stereocenters. The van der Waals surface area contributed by atoms with E-state index in [9.17, 15) is 0 Å². The summed E-state index contributed by atoms with van der Waals surface area (Å²) in [6.45, 7) is 2.03. The van der Waals surface area contributed by atoms with Crippen LogP contribution in [0.1, 0.15) is 5.56 Å². The predicted molar refractivity (Wildman–Crippen MR) is 85.2 cm³/mol. The number of hydrogen-bond acceptors (Lipinski definition) is 2. The Morgan fingerprint density at radius 2 is 1.79 bits per heavy atom. The van der Waals surface area contributed by atoms with Gasteiger partial charge in [-0.25, -0.2) is 4.98 Å². The number of hydrogen-bond donors (Lipinski definition) is 1. The number of aromatic nitrogens is 2. The lowest BCUT2D eigenvalue weighted by molar-refractivity contribution is 1.16. The molecule has 0 atom stereocenters. The van der Waals surface area contributed by atoms with Crippen molar-refractivity contribution < 1.29 is 0 Å². The van der Waals surface area contributed by atoms with Crippen molar-refractivity contribution in [1.29, 1.82) is 0 Å². The molecule has 0 saturated heterocycles. The lowest BCUT2D eigenvalue weighted by Crippen LogP contribution is -1.95. The maximum atomic E-state index is 6.21. The number of aryl methyl sites for hydroxylation is 1. The number of rotatable bonds is 1. The van der Waals surface area contributed by atoms with Gasteiger partial charge in [-0.2, -0.15) is 0 Å². The second-order valence-corrected chi connectivity index (χ2v) is 6.22. The topological polar surface area (TPSA) is 43.3 Å². The molecule has 0 bridgehead atoms. The zero-order chi connectivity index (χ0) is 13.6. The van der Waals surface area contributed by atoms with Gasteiger partial charge in [-0.1, -0.05) is 28.1 Å². The third kappa shape index (κ3) is 2.17. The number of imidazole rings is 1. The third-order valence-electron chi connectivity index (χ3n) is 3.03. The monoisotopic (exact) mass is 379 g/mol. The zero-order valence-corrected chi connectivity index (χ0v) is 13.4. The van der Waals surface area contributed by atoms with E-state index in [-0.39, 0.29) is 0 Å². The van der Waals surface area contributed by atoms with Gasteiger partial charge in [0.2, 0.25) is 0 Å². The minimum Gasteiger partial charge on any atom is -0.383 e. The average Bonchev–Trinajstić information content (AvgIpc) is 2.69. The van der Waals surface area contributed by atoms with Gasteiger partial charge in [-0.05, 0) is 46.6 Å². The molecule has 0 aliphatic heterocycles. The van der Waals surface area contributed by atoms with Crippen molar-refractivity contribution in [2.75, 3.05) is 5.73 Å². The summed E-state index contributed by atoms with van der Waals surface area (Å²) in [5, 5.41) is 0. The minimum atomic E-state index is 0.654. The van der Waals surface area contributed by atoms with Crippen LogP contribution in [0.25, 0.3) is 16.9 Å². The summed E-state index contributed by atoms with van der Waals surface area (Å²) in [5.41, 5.74) is 10.0. The summed E-state index contributed by atoms with van der Waals surface area (Å²) in [6, 6.07) is 10.0. The quantitative estimate of drug-likeness (QED) is 0.679. The van der Waals surface area contributed by atoms with Crippen LogP contribution < -0.4 is 5.73 Å². The smallest absolute Gasteiger partial charge is 0.142 e. The maximum absolute atomic E-state index is 6.21. The second-order valence-electron chi connectivity index (χ2n) is 4.39. The van der Waals surface area contributed by atoms with Crippen LogP contribution in [0.5, 0.6) is 0 Å². The molecule has 3 rings (SSSR count). The molecule has 0 saturated carbocycles. The first-order valence-electron chi connectivity index (χ1n) is 5.76. The van der Waals surface area contributed by atoms with Crippen molar-refractivity contribution in [3.8, 4) is 11.3 Å². The number of fused-ring (bicyclic) bond motifs is 1. The summed E-state index contributed by atoms with van der Waals surface area (Å²) in [5.74, 6) is 0.654.